The molecule has 0 aromatic carbocycles. The van der Waals surface area contributed by atoms with Gasteiger partial charge in [-0.15, -0.1) is 11.3 Å². The third kappa shape index (κ3) is 2.30. The van der Waals surface area contributed by atoms with Gasteiger partial charge >= 0.3 is 0 Å². The second-order valence-corrected chi connectivity index (χ2v) is 4.45. The molecule has 0 aliphatic carbocycles. The van der Waals surface area contributed by atoms with Crippen LogP contribution >= 0.6 is 11.3 Å². The van der Waals surface area contributed by atoms with Crippen LogP contribution in [0, 0.1) is 6.92 Å². The summed E-state index contributed by atoms with van der Waals surface area (Å²) in [6, 6.07) is 1.99. The number of carbonyl (C=O) groups excluding carboxylic acids is 1. The van der Waals surface area contributed by atoms with E-state index >= 15 is 0 Å². The van der Waals surface area contributed by atoms with Crippen molar-refractivity contribution in [2.75, 3.05) is 0 Å². The predicted octanol–water partition coefficient (Wildman–Crippen LogP) is 2.24. The fourth-order valence-electron chi connectivity index (χ4n) is 1.22. The van der Waals surface area contributed by atoms with E-state index in [1.165, 1.54) is 11.8 Å². The maximum atomic E-state index is 10.8. The van der Waals surface area contributed by atoms with E-state index in [2.05, 4.69) is 10.1 Å². The monoisotopic (exact) mass is 222 g/mol. The van der Waals surface area contributed by atoms with Gasteiger partial charge in [0.05, 0.1) is 6.42 Å². The number of ketones is 1. The highest BCUT2D eigenvalue weighted by Gasteiger charge is 2.10. The third-order valence-corrected chi connectivity index (χ3v) is 2.72. The Balaban J connectivity index is 2.23. The molecule has 15 heavy (non-hydrogen) atoms. The maximum Gasteiger partial charge on any atom is 0.234 e. The van der Waals surface area contributed by atoms with Crippen molar-refractivity contribution in [3.05, 3.63) is 22.2 Å². The van der Waals surface area contributed by atoms with Crippen molar-refractivity contribution in [3.8, 4) is 11.4 Å². The molecule has 2 rings (SSSR count). The van der Waals surface area contributed by atoms with Gasteiger partial charge in [-0.25, -0.2) is 0 Å². The summed E-state index contributed by atoms with van der Waals surface area (Å²) < 4.78 is 4.96. The Hall–Kier alpha value is -1.49. The molecule has 0 spiro atoms. The molecule has 4 nitrogen and oxygen atoms in total. The number of hydrogen-bond donors (Lipinski definition) is 0. The zero-order valence-corrected chi connectivity index (χ0v) is 9.30. The fraction of sp³-hybridized carbons (Fsp3) is 0.300. The van der Waals surface area contributed by atoms with Crippen molar-refractivity contribution in [2.45, 2.75) is 20.3 Å². The van der Waals surface area contributed by atoms with Gasteiger partial charge in [-0.2, -0.15) is 4.98 Å². The highest BCUT2D eigenvalue weighted by atomic mass is 32.1. The quantitative estimate of drug-likeness (QED) is 0.799. The summed E-state index contributed by atoms with van der Waals surface area (Å²) in [5, 5.41) is 5.79. The molecule has 0 saturated heterocycles. The Morgan fingerprint density at radius 3 is 3.00 bits per heavy atom. The SMILES string of the molecule is CC(=O)Cc1nc(-c2csc(C)c2)no1. The number of Topliss-reactive ketones (excluding diaryl/α,β-unsaturated/α-hetero) is 1. The summed E-state index contributed by atoms with van der Waals surface area (Å²) in [6.45, 7) is 3.52. The van der Waals surface area contributed by atoms with E-state index in [9.17, 15) is 4.79 Å². The van der Waals surface area contributed by atoms with Crippen molar-refractivity contribution >= 4 is 17.1 Å². The van der Waals surface area contributed by atoms with Crippen LogP contribution in [0.25, 0.3) is 11.4 Å². The third-order valence-electron chi connectivity index (χ3n) is 1.86. The Bertz CT molecular complexity index is 487. The van der Waals surface area contributed by atoms with Crippen LogP contribution in [-0.2, 0) is 11.2 Å². The molecule has 0 unspecified atom stereocenters. The summed E-state index contributed by atoms with van der Waals surface area (Å²) >= 11 is 1.63. The smallest absolute Gasteiger partial charge is 0.234 e. The summed E-state index contributed by atoms with van der Waals surface area (Å²) in [7, 11) is 0. The Labute approximate surface area is 90.9 Å². The number of nitrogens with zero attached hydrogens (tertiary/aromatic N) is 2. The van der Waals surface area contributed by atoms with Crippen LogP contribution in [0.3, 0.4) is 0 Å². The first-order valence-corrected chi connectivity index (χ1v) is 5.40. The first-order chi connectivity index (χ1) is 7.15. The number of aromatic nitrogens is 2. The van der Waals surface area contributed by atoms with Crippen molar-refractivity contribution in [1.82, 2.24) is 10.1 Å². The van der Waals surface area contributed by atoms with E-state index in [-0.39, 0.29) is 12.2 Å². The lowest BCUT2D eigenvalue weighted by atomic mass is 10.3. The number of rotatable bonds is 3. The first kappa shape index (κ1) is 10.0. The number of hydrogen-bond acceptors (Lipinski definition) is 5. The lowest BCUT2D eigenvalue weighted by molar-refractivity contribution is -0.116. The van der Waals surface area contributed by atoms with Crippen LogP contribution in [-0.4, -0.2) is 15.9 Å². The molecule has 0 bridgehead atoms. The molecule has 0 atom stereocenters. The minimum absolute atomic E-state index is 0.0201. The van der Waals surface area contributed by atoms with Gasteiger partial charge in [0.15, 0.2) is 0 Å². The molecule has 2 aromatic heterocycles. The number of carbonyl (C=O) groups is 1. The highest BCUT2D eigenvalue weighted by Crippen LogP contribution is 2.22. The Morgan fingerprint density at radius 1 is 1.60 bits per heavy atom. The molecule has 0 saturated carbocycles. The van der Waals surface area contributed by atoms with Crippen molar-refractivity contribution < 1.29 is 9.32 Å². The normalized spacial score (nSPS) is 10.5. The minimum atomic E-state index is 0.0201. The second kappa shape index (κ2) is 3.94. The average molecular weight is 222 g/mol. The largest absolute Gasteiger partial charge is 0.339 e. The zero-order chi connectivity index (χ0) is 10.8. The van der Waals surface area contributed by atoms with Gasteiger partial charge in [0.25, 0.3) is 0 Å². The molecule has 0 amide bonds. The average Bonchev–Trinajstić information content (AvgIpc) is 2.72. The van der Waals surface area contributed by atoms with Crippen LogP contribution in [0.2, 0.25) is 0 Å². The molecule has 0 aliphatic heterocycles. The first-order valence-electron chi connectivity index (χ1n) is 4.52. The maximum absolute atomic E-state index is 10.8. The van der Waals surface area contributed by atoms with Gasteiger partial charge in [-0.3, -0.25) is 4.79 Å². The fourth-order valence-corrected chi connectivity index (χ4v) is 1.90. The molecule has 0 radical (unpaired) electrons. The second-order valence-electron chi connectivity index (χ2n) is 3.34. The summed E-state index contributed by atoms with van der Waals surface area (Å²) in [6.07, 6.45) is 0.204. The van der Waals surface area contributed by atoms with Crippen LogP contribution < -0.4 is 0 Å². The lowest BCUT2D eigenvalue weighted by Gasteiger charge is -1.84. The van der Waals surface area contributed by atoms with E-state index < -0.39 is 0 Å². The van der Waals surface area contributed by atoms with Crippen LogP contribution in [0.1, 0.15) is 17.7 Å². The molecular formula is C10H10N2O2S. The molecule has 0 aliphatic rings. The molecule has 2 heterocycles. The van der Waals surface area contributed by atoms with Crippen molar-refractivity contribution in [2.24, 2.45) is 0 Å². The molecule has 78 valence electrons. The van der Waals surface area contributed by atoms with Crippen LogP contribution in [0.5, 0.6) is 0 Å². The van der Waals surface area contributed by atoms with E-state index in [4.69, 9.17) is 4.52 Å². The molecule has 5 heteroatoms. The van der Waals surface area contributed by atoms with Gasteiger partial charge in [0.1, 0.15) is 5.78 Å². The highest BCUT2D eigenvalue weighted by molar-refractivity contribution is 7.10. The summed E-state index contributed by atoms with van der Waals surface area (Å²) in [5.74, 6) is 0.948. The molecular weight excluding hydrogens is 212 g/mol. The van der Waals surface area contributed by atoms with Crippen molar-refractivity contribution in [1.29, 1.82) is 0 Å². The Morgan fingerprint density at radius 2 is 2.40 bits per heavy atom. The minimum Gasteiger partial charge on any atom is -0.339 e. The zero-order valence-electron chi connectivity index (χ0n) is 8.48. The lowest BCUT2D eigenvalue weighted by Crippen LogP contribution is -1.95. The summed E-state index contributed by atoms with van der Waals surface area (Å²) in [4.78, 5) is 16.2. The van der Waals surface area contributed by atoms with E-state index in [0.717, 1.165) is 5.56 Å². The molecule has 0 N–H and O–H groups in total. The van der Waals surface area contributed by atoms with Gasteiger partial charge in [0.2, 0.25) is 11.7 Å². The molecule has 2 aromatic rings. The standard InChI is InChI=1S/C10H10N2O2S/c1-6(13)3-9-11-10(12-14-9)8-4-7(2)15-5-8/h4-5H,3H2,1-2H3. The van der Waals surface area contributed by atoms with Gasteiger partial charge in [0, 0.05) is 15.8 Å². The van der Waals surface area contributed by atoms with E-state index in [0.29, 0.717) is 11.7 Å². The number of thiophene rings is 1. The topological polar surface area (TPSA) is 56.0 Å². The van der Waals surface area contributed by atoms with E-state index in [1.807, 2.05) is 18.4 Å². The van der Waals surface area contributed by atoms with Crippen LogP contribution in [0.15, 0.2) is 16.0 Å². The predicted molar refractivity (Wildman–Crippen MR) is 56.7 cm³/mol. The number of aryl methyl sites for hydroxylation is 1. The Kier molecular flexibility index (Phi) is 2.64. The summed E-state index contributed by atoms with van der Waals surface area (Å²) in [5.41, 5.74) is 0.941. The van der Waals surface area contributed by atoms with E-state index in [1.54, 1.807) is 11.3 Å². The van der Waals surface area contributed by atoms with Crippen molar-refractivity contribution in [3.63, 3.8) is 0 Å². The van der Waals surface area contributed by atoms with Gasteiger partial charge in [-0.05, 0) is 19.9 Å². The molecule has 0 fully saturated rings. The van der Waals surface area contributed by atoms with Crippen LogP contribution in [0.4, 0.5) is 0 Å². The van der Waals surface area contributed by atoms with Gasteiger partial charge in [-0.1, -0.05) is 5.16 Å². The van der Waals surface area contributed by atoms with Gasteiger partial charge < -0.3 is 4.52 Å².